The lowest BCUT2D eigenvalue weighted by molar-refractivity contribution is 0.291. The zero-order valence-electron chi connectivity index (χ0n) is 13.2. The molecule has 4 heteroatoms. The summed E-state index contributed by atoms with van der Waals surface area (Å²) in [6, 6.07) is 4.29. The summed E-state index contributed by atoms with van der Waals surface area (Å²) >= 11 is 0. The van der Waals surface area contributed by atoms with Gasteiger partial charge in [-0.05, 0) is 50.9 Å². The maximum Gasteiger partial charge on any atom is 0.163 e. The van der Waals surface area contributed by atoms with Gasteiger partial charge >= 0.3 is 0 Å². The number of hydrogen-bond acceptors (Lipinski definition) is 2. The number of halogens is 2. The minimum atomic E-state index is -0.768. The second-order valence-corrected chi connectivity index (χ2v) is 6.28. The van der Waals surface area contributed by atoms with Gasteiger partial charge in [0, 0.05) is 18.2 Å². The standard InChI is InChI=1S/C17H26F2N2/c1-4-20-16(14-6-5-7-15(18)17(14)19)8-9-21(3)11-13-10-12(13)2/h5-7,12-13,16,20H,4,8-11H2,1-3H3. The van der Waals surface area contributed by atoms with Crippen LogP contribution in [0.15, 0.2) is 18.2 Å². The smallest absolute Gasteiger partial charge is 0.163 e. The van der Waals surface area contributed by atoms with E-state index in [0.717, 1.165) is 37.9 Å². The van der Waals surface area contributed by atoms with E-state index in [4.69, 9.17) is 0 Å². The summed E-state index contributed by atoms with van der Waals surface area (Å²) in [7, 11) is 2.11. The summed E-state index contributed by atoms with van der Waals surface area (Å²) in [5, 5.41) is 3.27. The minimum Gasteiger partial charge on any atom is -0.310 e. The maximum absolute atomic E-state index is 13.9. The molecule has 21 heavy (non-hydrogen) atoms. The highest BCUT2D eigenvalue weighted by molar-refractivity contribution is 5.22. The van der Waals surface area contributed by atoms with Crippen LogP contribution in [0, 0.1) is 23.5 Å². The topological polar surface area (TPSA) is 15.3 Å². The SMILES string of the molecule is CCNC(CCN(C)CC1CC1C)c1cccc(F)c1F. The molecule has 3 unspecified atom stereocenters. The predicted octanol–water partition coefficient (Wildman–Crippen LogP) is 3.59. The van der Waals surface area contributed by atoms with Crippen molar-refractivity contribution in [1.82, 2.24) is 10.2 Å². The summed E-state index contributed by atoms with van der Waals surface area (Å²) in [5.74, 6) is 0.175. The fourth-order valence-corrected chi connectivity index (χ4v) is 2.90. The van der Waals surface area contributed by atoms with Gasteiger partial charge in [-0.1, -0.05) is 26.0 Å². The summed E-state index contributed by atoms with van der Waals surface area (Å²) in [6.45, 7) is 6.99. The lowest BCUT2D eigenvalue weighted by Gasteiger charge is -2.23. The fourth-order valence-electron chi connectivity index (χ4n) is 2.90. The van der Waals surface area contributed by atoms with Crippen molar-refractivity contribution in [3.05, 3.63) is 35.4 Å². The van der Waals surface area contributed by atoms with E-state index in [2.05, 4.69) is 24.2 Å². The quantitative estimate of drug-likeness (QED) is 0.788. The molecule has 1 saturated carbocycles. The van der Waals surface area contributed by atoms with Gasteiger partial charge in [0.15, 0.2) is 11.6 Å². The number of rotatable bonds is 8. The number of nitrogens with zero attached hydrogens (tertiary/aromatic N) is 1. The molecular formula is C17H26F2N2. The van der Waals surface area contributed by atoms with Crippen molar-refractivity contribution in [3.63, 3.8) is 0 Å². The largest absolute Gasteiger partial charge is 0.310 e. The second-order valence-electron chi connectivity index (χ2n) is 6.28. The third kappa shape index (κ3) is 4.48. The first-order valence-corrected chi connectivity index (χ1v) is 7.88. The third-order valence-electron chi connectivity index (χ3n) is 4.43. The van der Waals surface area contributed by atoms with Crippen LogP contribution in [0.3, 0.4) is 0 Å². The Morgan fingerprint density at radius 2 is 2.10 bits per heavy atom. The number of hydrogen-bond donors (Lipinski definition) is 1. The van der Waals surface area contributed by atoms with E-state index in [1.165, 1.54) is 12.5 Å². The fraction of sp³-hybridized carbons (Fsp3) is 0.647. The van der Waals surface area contributed by atoms with Crippen molar-refractivity contribution < 1.29 is 8.78 Å². The van der Waals surface area contributed by atoms with Crippen molar-refractivity contribution in [2.75, 3.05) is 26.7 Å². The monoisotopic (exact) mass is 296 g/mol. The van der Waals surface area contributed by atoms with Crippen molar-refractivity contribution in [1.29, 1.82) is 0 Å². The molecule has 0 aromatic heterocycles. The van der Waals surface area contributed by atoms with E-state index in [1.807, 2.05) is 6.92 Å². The predicted molar refractivity (Wildman–Crippen MR) is 82.2 cm³/mol. The molecule has 0 aliphatic heterocycles. The van der Waals surface area contributed by atoms with E-state index in [-0.39, 0.29) is 6.04 Å². The summed E-state index contributed by atoms with van der Waals surface area (Å²) in [5.41, 5.74) is 0.435. The first kappa shape index (κ1) is 16.4. The Morgan fingerprint density at radius 1 is 1.38 bits per heavy atom. The molecule has 1 aromatic carbocycles. The maximum atomic E-state index is 13.9. The van der Waals surface area contributed by atoms with Crippen LogP contribution in [-0.2, 0) is 0 Å². The van der Waals surface area contributed by atoms with E-state index in [9.17, 15) is 8.78 Å². The van der Waals surface area contributed by atoms with Crippen LogP contribution in [0.25, 0.3) is 0 Å². The molecular weight excluding hydrogens is 270 g/mol. The zero-order valence-corrected chi connectivity index (χ0v) is 13.2. The first-order valence-electron chi connectivity index (χ1n) is 7.88. The lowest BCUT2D eigenvalue weighted by Crippen LogP contribution is -2.29. The van der Waals surface area contributed by atoms with Gasteiger partial charge in [-0.25, -0.2) is 8.78 Å². The van der Waals surface area contributed by atoms with Gasteiger partial charge in [-0.15, -0.1) is 0 Å². The van der Waals surface area contributed by atoms with Gasteiger partial charge in [0.1, 0.15) is 0 Å². The Kier molecular flexibility index (Phi) is 5.71. The number of nitrogens with one attached hydrogen (secondary N) is 1. The molecule has 1 fully saturated rings. The van der Waals surface area contributed by atoms with Crippen LogP contribution in [-0.4, -0.2) is 31.6 Å². The minimum absolute atomic E-state index is 0.134. The molecule has 3 atom stereocenters. The van der Waals surface area contributed by atoms with Crippen LogP contribution in [0.1, 0.15) is 38.3 Å². The molecule has 0 spiro atoms. The summed E-state index contributed by atoms with van der Waals surface area (Å²) in [6.07, 6.45) is 2.10. The van der Waals surface area contributed by atoms with Gasteiger partial charge in [-0.3, -0.25) is 0 Å². The van der Waals surface area contributed by atoms with Crippen molar-refractivity contribution in [3.8, 4) is 0 Å². The van der Waals surface area contributed by atoms with Crippen molar-refractivity contribution in [2.24, 2.45) is 11.8 Å². The van der Waals surface area contributed by atoms with Gasteiger partial charge in [0.05, 0.1) is 0 Å². The van der Waals surface area contributed by atoms with Crippen molar-refractivity contribution >= 4 is 0 Å². The number of benzene rings is 1. The van der Waals surface area contributed by atoms with Crippen molar-refractivity contribution in [2.45, 2.75) is 32.7 Å². The normalized spacial score (nSPS) is 22.6. The Bertz CT molecular complexity index is 464. The Labute approximate surface area is 126 Å². The van der Waals surface area contributed by atoms with Crippen LogP contribution < -0.4 is 5.32 Å². The molecule has 0 bridgehead atoms. The molecule has 0 radical (unpaired) electrons. The van der Waals surface area contributed by atoms with E-state index >= 15 is 0 Å². The molecule has 0 heterocycles. The van der Waals surface area contributed by atoms with Crippen LogP contribution in [0.5, 0.6) is 0 Å². The molecule has 118 valence electrons. The highest BCUT2D eigenvalue weighted by atomic mass is 19.2. The van der Waals surface area contributed by atoms with Crippen LogP contribution >= 0.6 is 0 Å². The second kappa shape index (κ2) is 7.32. The molecule has 1 N–H and O–H groups in total. The molecule has 1 aromatic rings. The molecule has 1 aliphatic carbocycles. The highest BCUT2D eigenvalue weighted by Gasteiger charge is 2.33. The third-order valence-corrected chi connectivity index (χ3v) is 4.43. The Morgan fingerprint density at radius 3 is 2.71 bits per heavy atom. The molecule has 0 amide bonds. The summed E-state index contributed by atoms with van der Waals surface area (Å²) in [4.78, 5) is 2.30. The van der Waals surface area contributed by atoms with E-state index < -0.39 is 11.6 Å². The average molecular weight is 296 g/mol. The average Bonchev–Trinajstić information content (AvgIpc) is 3.13. The van der Waals surface area contributed by atoms with Crippen LogP contribution in [0.4, 0.5) is 8.78 Å². The Balaban J connectivity index is 1.93. The van der Waals surface area contributed by atoms with Gasteiger partial charge in [-0.2, -0.15) is 0 Å². The van der Waals surface area contributed by atoms with Gasteiger partial charge in [0.2, 0.25) is 0 Å². The lowest BCUT2D eigenvalue weighted by atomic mass is 10.0. The Hall–Kier alpha value is -1.00. The molecule has 2 nitrogen and oxygen atoms in total. The van der Waals surface area contributed by atoms with E-state index in [1.54, 1.807) is 12.1 Å². The first-order chi connectivity index (χ1) is 10.0. The van der Waals surface area contributed by atoms with Crippen LogP contribution in [0.2, 0.25) is 0 Å². The van der Waals surface area contributed by atoms with E-state index in [0.29, 0.717) is 5.56 Å². The highest BCUT2D eigenvalue weighted by Crippen LogP contribution is 2.38. The van der Waals surface area contributed by atoms with Gasteiger partial charge < -0.3 is 10.2 Å². The van der Waals surface area contributed by atoms with Gasteiger partial charge in [0.25, 0.3) is 0 Å². The molecule has 1 aliphatic rings. The molecule has 2 rings (SSSR count). The molecule has 0 saturated heterocycles. The zero-order chi connectivity index (χ0) is 15.4. The summed E-state index contributed by atoms with van der Waals surface area (Å²) < 4.78 is 27.3.